The monoisotopic (exact) mass is 341 g/mol. The molecular weight excluding hydrogens is 318 g/mol. The van der Waals surface area contributed by atoms with Gasteiger partial charge in [0.25, 0.3) is 5.91 Å². The van der Waals surface area contributed by atoms with Crippen LogP contribution in [0.1, 0.15) is 70.8 Å². The molecule has 1 heterocycles. The van der Waals surface area contributed by atoms with Crippen LogP contribution in [-0.4, -0.2) is 23.0 Å². The zero-order valence-electron chi connectivity index (χ0n) is 14.3. The summed E-state index contributed by atoms with van der Waals surface area (Å²) >= 11 is 0. The predicted octanol–water partition coefficient (Wildman–Crippen LogP) is 4.00. The van der Waals surface area contributed by atoms with Crippen molar-refractivity contribution in [3.8, 4) is 0 Å². The predicted molar refractivity (Wildman–Crippen MR) is 94.0 cm³/mol. The fourth-order valence-corrected chi connectivity index (χ4v) is 3.63. The number of hydrogen-bond acceptors (Lipinski definition) is 3. The van der Waals surface area contributed by atoms with Crippen LogP contribution in [0.15, 0.2) is 40.8 Å². The number of nitrogens with one attached hydrogen (secondary N) is 1. The van der Waals surface area contributed by atoms with Crippen molar-refractivity contribution in [1.29, 1.82) is 0 Å². The molecule has 2 unspecified atom stereocenters. The number of hydrogen-bond donors (Lipinski definition) is 2. The van der Waals surface area contributed by atoms with Crippen LogP contribution in [0.2, 0.25) is 0 Å². The van der Waals surface area contributed by atoms with Crippen molar-refractivity contribution in [1.82, 2.24) is 5.32 Å². The molecule has 1 aliphatic rings. The smallest absolute Gasteiger partial charge is 0.339 e. The fourth-order valence-electron chi connectivity index (χ4n) is 3.63. The quantitative estimate of drug-likeness (QED) is 0.861. The summed E-state index contributed by atoms with van der Waals surface area (Å²) in [6.45, 7) is 1.81. The lowest BCUT2D eigenvalue weighted by atomic mass is 9.80. The lowest BCUT2D eigenvalue weighted by molar-refractivity contribution is 0.0694. The van der Waals surface area contributed by atoms with Gasteiger partial charge in [0.15, 0.2) is 5.76 Å². The Morgan fingerprint density at radius 2 is 1.92 bits per heavy atom. The maximum Gasteiger partial charge on any atom is 0.339 e. The number of amides is 1. The molecule has 1 amide bonds. The molecule has 1 saturated carbocycles. The van der Waals surface area contributed by atoms with Crippen LogP contribution in [-0.2, 0) is 6.42 Å². The summed E-state index contributed by atoms with van der Waals surface area (Å²) < 4.78 is 5.48. The molecule has 0 radical (unpaired) electrons. The summed E-state index contributed by atoms with van der Waals surface area (Å²) in [5.74, 6) is -0.722. The van der Waals surface area contributed by atoms with E-state index in [-0.39, 0.29) is 29.2 Å². The third-order valence-corrected chi connectivity index (χ3v) is 4.89. The lowest BCUT2D eigenvalue weighted by Crippen LogP contribution is -2.40. The van der Waals surface area contributed by atoms with E-state index in [0.29, 0.717) is 12.2 Å². The zero-order chi connectivity index (χ0) is 17.8. The summed E-state index contributed by atoms with van der Waals surface area (Å²) in [6.07, 6.45) is 4.61. The van der Waals surface area contributed by atoms with Crippen LogP contribution < -0.4 is 5.32 Å². The number of furan rings is 1. The second kappa shape index (κ2) is 7.55. The lowest BCUT2D eigenvalue weighted by Gasteiger charge is -2.32. The number of aryl methyl sites for hydroxylation is 1. The largest absolute Gasteiger partial charge is 0.478 e. The van der Waals surface area contributed by atoms with Gasteiger partial charge in [-0.2, -0.15) is 0 Å². The molecule has 0 bridgehead atoms. The van der Waals surface area contributed by atoms with Crippen LogP contribution in [0.3, 0.4) is 0 Å². The number of carbonyl (C=O) groups excluding carboxylic acids is 1. The average Bonchev–Trinajstić information content (AvgIpc) is 3.08. The third-order valence-electron chi connectivity index (χ3n) is 4.89. The molecule has 1 aromatic carbocycles. The zero-order valence-corrected chi connectivity index (χ0v) is 14.3. The molecular formula is C20H23NO4. The third kappa shape index (κ3) is 3.76. The molecule has 132 valence electrons. The molecule has 2 aromatic rings. The molecule has 2 N–H and O–H groups in total. The Labute approximate surface area is 147 Å². The summed E-state index contributed by atoms with van der Waals surface area (Å²) in [6, 6.07) is 11.6. The summed E-state index contributed by atoms with van der Waals surface area (Å²) in [5, 5.41) is 12.3. The van der Waals surface area contributed by atoms with Crippen LogP contribution in [0.5, 0.6) is 0 Å². The van der Waals surface area contributed by atoms with Gasteiger partial charge < -0.3 is 14.8 Å². The number of aromatic carboxylic acids is 1. The number of benzene rings is 1. The van der Waals surface area contributed by atoms with E-state index < -0.39 is 5.97 Å². The SMILES string of the molecule is CCc1oc(C(=O)NC2CCCCC2c2ccccc2)cc1C(=O)O. The minimum Gasteiger partial charge on any atom is -0.478 e. The van der Waals surface area contributed by atoms with Gasteiger partial charge in [0.05, 0.1) is 0 Å². The van der Waals surface area contributed by atoms with Gasteiger partial charge in [-0.3, -0.25) is 4.79 Å². The first kappa shape index (κ1) is 17.3. The fraction of sp³-hybridized carbons (Fsp3) is 0.400. The molecule has 25 heavy (non-hydrogen) atoms. The van der Waals surface area contributed by atoms with Crippen LogP contribution in [0.25, 0.3) is 0 Å². The average molecular weight is 341 g/mol. The Bertz CT molecular complexity index is 750. The number of rotatable bonds is 5. The van der Waals surface area contributed by atoms with Crippen LogP contribution >= 0.6 is 0 Å². The molecule has 0 spiro atoms. The Kier molecular flexibility index (Phi) is 5.22. The molecule has 2 atom stereocenters. The van der Waals surface area contributed by atoms with Crippen LogP contribution in [0.4, 0.5) is 0 Å². The second-order valence-electron chi connectivity index (χ2n) is 6.49. The second-order valence-corrected chi connectivity index (χ2v) is 6.49. The number of carbonyl (C=O) groups is 2. The van der Waals surface area contributed by atoms with Gasteiger partial charge in [-0.25, -0.2) is 4.79 Å². The first-order valence-corrected chi connectivity index (χ1v) is 8.82. The summed E-state index contributed by atoms with van der Waals surface area (Å²) in [5.41, 5.74) is 1.29. The molecule has 1 fully saturated rings. The van der Waals surface area contributed by atoms with E-state index in [9.17, 15) is 14.7 Å². The molecule has 3 rings (SSSR count). The van der Waals surface area contributed by atoms with E-state index in [1.165, 1.54) is 11.6 Å². The van der Waals surface area contributed by atoms with Gasteiger partial charge in [0.2, 0.25) is 0 Å². The maximum atomic E-state index is 12.6. The van der Waals surface area contributed by atoms with E-state index >= 15 is 0 Å². The van der Waals surface area contributed by atoms with Crippen molar-refractivity contribution in [2.24, 2.45) is 0 Å². The topological polar surface area (TPSA) is 79.5 Å². The van der Waals surface area contributed by atoms with Gasteiger partial charge in [0, 0.05) is 24.4 Å². The molecule has 1 aromatic heterocycles. The van der Waals surface area contributed by atoms with Crippen molar-refractivity contribution in [2.75, 3.05) is 0 Å². The Hall–Kier alpha value is -2.56. The maximum absolute atomic E-state index is 12.6. The Morgan fingerprint density at radius 3 is 2.56 bits per heavy atom. The Balaban J connectivity index is 1.78. The molecule has 0 saturated heterocycles. The van der Waals surface area contributed by atoms with E-state index in [1.807, 2.05) is 18.2 Å². The van der Waals surface area contributed by atoms with E-state index in [4.69, 9.17) is 4.42 Å². The molecule has 5 heteroatoms. The van der Waals surface area contributed by atoms with Gasteiger partial charge >= 0.3 is 5.97 Å². The molecule has 0 aliphatic heterocycles. The van der Waals surface area contributed by atoms with Gasteiger partial charge in [-0.15, -0.1) is 0 Å². The Morgan fingerprint density at radius 1 is 1.20 bits per heavy atom. The van der Waals surface area contributed by atoms with E-state index in [1.54, 1.807) is 6.92 Å². The van der Waals surface area contributed by atoms with E-state index in [2.05, 4.69) is 17.4 Å². The molecule has 1 aliphatic carbocycles. The minimum atomic E-state index is -1.07. The summed E-state index contributed by atoms with van der Waals surface area (Å²) in [7, 11) is 0. The molecule has 5 nitrogen and oxygen atoms in total. The standard InChI is InChI=1S/C20H23NO4/c1-2-17-15(20(23)24)12-18(25-17)19(22)21-16-11-7-6-10-14(16)13-8-4-3-5-9-13/h3-5,8-9,12,14,16H,2,6-7,10-11H2,1H3,(H,21,22)(H,23,24). The highest BCUT2D eigenvalue weighted by Crippen LogP contribution is 2.33. The van der Waals surface area contributed by atoms with E-state index in [0.717, 1.165) is 25.7 Å². The van der Waals surface area contributed by atoms with Crippen molar-refractivity contribution < 1.29 is 19.1 Å². The minimum absolute atomic E-state index is 0.0344. The van der Waals surface area contributed by atoms with Crippen LogP contribution in [0, 0.1) is 0 Å². The highest BCUT2D eigenvalue weighted by Gasteiger charge is 2.29. The van der Waals surface area contributed by atoms with Crippen molar-refractivity contribution in [2.45, 2.75) is 51.0 Å². The van der Waals surface area contributed by atoms with Crippen molar-refractivity contribution in [3.63, 3.8) is 0 Å². The number of carboxylic acids is 1. The highest BCUT2D eigenvalue weighted by molar-refractivity contribution is 5.96. The first-order chi connectivity index (χ1) is 12.1. The van der Waals surface area contributed by atoms with Crippen molar-refractivity contribution >= 4 is 11.9 Å². The summed E-state index contributed by atoms with van der Waals surface area (Å²) in [4.78, 5) is 23.8. The van der Waals surface area contributed by atoms with Gasteiger partial charge in [0.1, 0.15) is 11.3 Å². The highest BCUT2D eigenvalue weighted by atomic mass is 16.4. The van der Waals surface area contributed by atoms with Gasteiger partial charge in [-0.05, 0) is 18.4 Å². The van der Waals surface area contributed by atoms with Crippen molar-refractivity contribution in [3.05, 3.63) is 59.0 Å². The first-order valence-electron chi connectivity index (χ1n) is 8.82. The normalized spacial score (nSPS) is 20.2. The number of carboxylic acid groups (broad SMARTS) is 1. The van der Waals surface area contributed by atoms with Gasteiger partial charge in [-0.1, -0.05) is 50.1 Å².